The molecular weight excluding hydrogens is 310 g/mol. The van der Waals surface area contributed by atoms with Crippen LogP contribution >= 0.6 is 0 Å². The van der Waals surface area contributed by atoms with E-state index in [1.165, 1.54) is 10.5 Å². The Hall–Kier alpha value is -1.92. The fourth-order valence-corrected chi connectivity index (χ4v) is 4.33. The summed E-state index contributed by atoms with van der Waals surface area (Å²) < 4.78 is 27.0. The Kier molecular flexibility index (Phi) is 4.63. The second-order valence-electron chi connectivity index (χ2n) is 5.79. The lowest BCUT2D eigenvalue weighted by Crippen LogP contribution is -2.48. The van der Waals surface area contributed by atoms with Crippen molar-refractivity contribution in [3.63, 3.8) is 0 Å². The van der Waals surface area contributed by atoms with Crippen molar-refractivity contribution in [2.24, 2.45) is 0 Å². The molecule has 1 aromatic carbocycles. The molecule has 0 aliphatic carbocycles. The van der Waals surface area contributed by atoms with Gasteiger partial charge in [-0.15, -0.1) is 0 Å². The van der Waals surface area contributed by atoms with Gasteiger partial charge in [0.1, 0.15) is 4.90 Å². The first kappa shape index (κ1) is 16.0. The van der Waals surface area contributed by atoms with E-state index in [9.17, 15) is 8.42 Å². The third-order valence-electron chi connectivity index (χ3n) is 4.34. The molecule has 0 N–H and O–H groups in total. The topological polar surface area (TPSA) is 53.5 Å². The largest absolute Gasteiger partial charge is 0.370 e. The maximum Gasteiger partial charge on any atom is 0.244 e. The highest BCUT2D eigenvalue weighted by Crippen LogP contribution is 2.25. The van der Waals surface area contributed by atoms with E-state index in [1.54, 1.807) is 25.4 Å². The number of anilines is 1. The van der Waals surface area contributed by atoms with Gasteiger partial charge >= 0.3 is 0 Å². The zero-order valence-corrected chi connectivity index (χ0v) is 14.0. The average molecular weight is 331 g/mol. The molecule has 122 valence electrons. The molecule has 3 rings (SSSR count). The van der Waals surface area contributed by atoms with Crippen LogP contribution in [-0.2, 0) is 10.0 Å². The van der Waals surface area contributed by atoms with Crippen LogP contribution in [0.1, 0.15) is 12.8 Å². The van der Waals surface area contributed by atoms with Crippen LogP contribution in [0.2, 0.25) is 0 Å². The number of hydrogen-bond donors (Lipinski definition) is 0. The Labute approximate surface area is 137 Å². The normalized spacial score (nSPS) is 19.0. The minimum atomic E-state index is -3.50. The van der Waals surface area contributed by atoms with Crippen LogP contribution in [0.4, 0.5) is 5.69 Å². The Morgan fingerprint density at radius 3 is 2.65 bits per heavy atom. The highest BCUT2D eigenvalue weighted by Gasteiger charge is 2.31. The van der Waals surface area contributed by atoms with Crippen LogP contribution in [-0.4, -0.2) is 43.9 Å². The van der Waals surface area contributed by atoms with Crippen molar-refractivity contribution in [1.82, 2.24) is 9.29 Å². The predicted octanol–water partition coefficient (Wildman–Crippen LogP) is 2.37. The van der Waals surface area contributed by atoms with Crippen LogP contribution in [0.25, 0.3) is 0 Å². The van der Waals surface area contributed by atoms with E-state index >= 15 is 0 Å². The molecule has 1 aromatic heterocycles. The summed E-state index contributed by atoms with van der Waals surface area (Å²) in [5, 5.41) is 0. The number of hydrogen-bond acceptors (Lipinski definition) is 4. The van der Waals surface area contributed by atoms with Gasteiger partial charge in [-0.2, -0.15) is 4.31 Å². The highest BCUT2D eigenvalue weighted by molar-refractivity contribution is 7.89. The first-order valence-electron chi connectivity index (χ1n) is 7.77. The Balaban J connectivity index is 1.78. The standard InChI is InChI=1S/C17H21N3O2S/c1-19(23(21,22)17-10-5-11-18-13-17)16-9-6-12-20(14-16)15-7-3-2-4-8-15/h2-5,7-8,10-11,13,16H,6,9,12,14H2,1H3/t16-/m0/s1. The number of benzene rings is 1. The molecule has 0 saturated carbocycles. The number of aromatic nitrogens is 1. The smallest absolute Gasteiger partial charge is 0.244 e. The van der Waals surface area contributed by atoms with Gasteiger partial charge in [0.2, 0.25) is 10.0 Å². The lowest BCUT2D eigenvalue weighted by atomic mass is 10.1. The maximum atomic E-state index is 12.7. The molecule has 0 amide bonds. The molecule has 1 saturated heterocycles. The third kappa shape index (κ3) is 3.38. The fraction of sp³-hybridized carbons (Fsp3) is 0.353. The molecule has 0 spiro atoms. The summed E-state index contributed by atoms with van der Waals surface area (Å²) in [6.07, 6.45) is 4.84. The van der Waals surface area contributed by atoms with E-state index in [0.29, 0.717) is 6.54 Å². The lowest BCUT2D eigenvalue weighted by molar-refractivity contribution is 0.320. The van der Waals surface area contributed by atoms with Crippen LogP contribution in [0.15, 0.2) is 59.8 Å². The fourth-order valence-electron chi connectivity index (χ4n) is 2.99. The van der Waals surface area contributed by atoms with Crippen LogP contribution in [0, 0.1) is 0 Å². The van der Waals surface area contributed by atoms with Crippen molar-refractivity contribution < 1.29 is 8.42 Å². The molecule has 1 aliphatic rings. The molecule has 1 aliphatic heterocycles. The number of nitrogens with zero attached hydrogens (tertiary/aromatic N) is 3. The summed E-state index contributed by atoms with van der Waals surface area (Å²) in [6.45, 7) is 1.67. The summed E-state index contributed by atoms with van der Waals surface area (Å²) in [7, 11) is -1.83. The minimum absolute atomic E-state index is 0.0332. The molecule has 2 aromatic rings. The summed E-state index contributed by atoms with van der Waals surface area (Å²) in [5.41, 5.74) is 1.14. The molecule has 5 nitrogen and oxygen atoms in total. The van der Waals surface area contributed by atoms with E-state index in [0.717, 1.165) is 25.1 Å². The van der Waals surface area contributed by atoms with Crippen LogP contribution < -0.4 is 4.90 Å². The van der Waals surface area contributed by atoms with E-state index in [2.05, 4.69) is 22.0 Å². The van der Waals surface area contributed by atoms with Crippen molar-refractivity contribution in [2.45, 2.75) is 23.8 Å². The number of para-hydroxylation sites is 1. The van der Waals surface area contributed by atoms with E-state index < -0.39 is 10.0 Å². The molecular formula is C17H21N3O2S. The molecule has 6 heteroatoms. The summed E-state index contributed by atoms with van der Waals surface area (Å²) in [6, 6.07) is 13.4. The van der Waals surface area contributed by atoms with E-state index in [4.69, 9.17) is 0 Å². The molecule has 1 atom stereocenters. The van der Waals surface area contributed by atoms with Crippen molar-refractivity contribution in [3.05, 3.63) is 54.9 Å². The van der Waals surface area contributed by atoms with Gasteiger partial charge in [0.25, 0.3) is 0 Å². The Morgan fingerprint density at radius 2 is 1.96 bits per heavy atom. The molecule has 0 unspecified atom stereocenters. The van der Waals surface area contributed by atoms with E-state index in [1.807, 2.05) is 18.2 Å². The van der Waals surface area contributed by atoms with Gasteiger partial charge in [-0.25, -0.2) is 8.42 Å². The zero-order chi connectivity index (χ0) is 16.3. The second kappa shape index (κ2) is 6.68. The van der Waals surface area contributed by atoms with Gasteiger partial charge in [-0.3, -0.25) is 4.98 Å². The Morgan fingerprint density at radius 1 is 1.17 bits per heavy atom. The summed E-state index contributed by atoms with van der Waals surface area (Å²) in [4.78, 5) is 6.43. The van der Waals surface area contributed by atoms with Gasteiger partial charge < -0.3 is 4.90 Å². The van der Waals surface area contributed by atoms with Crippen molar-refractivity contribution in [3.8, 4) is 0 Å². The molecule has 23 heavy (non-hydrogen) atoms. The van der Waals surface area contributed by atoms with Crippen molar-refractivity contribution in [2.75, 3.05) is 25.0 Å². The monoisotopic (exact) mass is 331 g/mol. The number of sulfonamides is 1. The number of pyridine rings is 1. The number of likely N-dealkylation sites (N-methyl/N-ethyl adjacent to an activating group) is 1. The molecule has 0 bridgehead atoms. The summed E-state index contributed by atoms with van der Waals surface area (Å²) in [5.74, 6) is 0. The van der Waals surface area contributed by atoms with Gasteiger partial charge in [0.15, 0.2) is 0 Å². The Bertz CT molecular complexity index is 735. The molecule has 2 heterocycles. The second-order valence-corrected chi connectivity index (χ2v) is 7.79. The van der Waals surface area contributed by atoms with Crippen molar-refractivity contribution >= 4 is 15.7 Å². The van der Waals surface area contributed by atoms with Gasteiger partial charge in [0.05, 0.1) is 0 Å². The predicted molar refractivity (Wildman–Crippen MR) is 90.9 cm³/mol. The third-order valence-corrected chi connectivity index (χ3v) is 6.24. The summed E-state index contributed by atoms with van der Waals surface area (Å²) >= 11 is 0. The van der Waals surface area contributed by atoms with Gasteiger partial charge in [-0.1, -0.05) is 18.2 Å². The minimum Gasteiger partial charge on any atom is -0.370 e. The van der Waals surface area contributed by atoms with Crippen LogP contribution in [0.3, 0.4) is 0 Å². The first-order valence-corrected chi connectivity index (χ1v) is 9.21. The number of rotatable bonds is 4. The highest BCUT2D eigenvalue weighted by atomic mass is 32.2. The maximum absolute atomic E-state index is 12.7. The van der Waals surface area contributed by atoms with Gasteiger partial charge in [0, 0.05) is 44.3 Å². The van der Waals surface area contributed by atoms with Crippen LogP contribution in [0.5, 0.6) is 0 Å². The number of piperidine rings is 1. The van der Waals surface area contributed by atoms with Gasteiger partial charge in [-0.05, 0) is 37.1 Å². The quantitative estimate of drug-likeness (QED) is 0.863. The first-order chi connectivity index (χ1) is 11.1. The zero-order valence-electron chi connectivity index (χ0n) is 13.2. The average Bonchev–Trinajstić information content (AvgIpc) is 2.62. The molecule has 1 fully saturated rings. The SMILES string of the molecule is CN([C@H]1CCCN(c2ccccc2)C1)S(=O)(=O)c1cccnc1. The lowest BCUT2D eigenvalue weighted by Gasteiger charge is -2.38. The van der Waals surface area contributed by atoms with Crippen molar-refractivity contribution in [1.29, 1.82) is 0 Å². The van der Waals surface area contributed by atoms with E-state index in [-0.39, 0.29) is 10.9 Å². The molecule has 0 radical (unpaired) electrons.